The number of fused-ring (bicyclic) bond motifs is 1. The van der Waals surface area contributed by atoms with Crippen molar-refractivity contribution in [3.8, 4) is 17.2 Å². The smallest absolute Gasteiger partial charge is 0.206 e. The Hall–Kier alpha value is -6.83. The van der Waals surface area contributed by atoms with Gasteiger partial charge in [-0.15, -0.1) is 0 Å². The van der Waals surface area contributed by atoms with E-state index >= 15 is 0 Å². The van der Waals surface area contributed by atoms with Crippen molar-refractivity contribution in [2.24, 2.45) is 0 Å². The van der Waals surface area contributed by atoms with Gasteiger partial charge in [-0.3, -0.25) is 0 Å². The molecule has 0 unspecified atom stereocenters. The molecule has 0 spiro atoms. The molecular weight excluding hydrogens is 701 g/mol. The van der Waals surface area contributed by atoms with E-state index in [1.807, 2.05) is 67.6 Å². The fraction of sp³-hybridized carbons (Fsp3) is 0.0417. The lowest BCUT2D eigenvalue weighted by atomic mass is 10.1. The Labute approximate surface area is 322 Å². The standard InChI is InChI=1S/C48H38N2O4S/c1-35-13-29-47(30-14-35)55(51,52)48-31-27-46(28-32-48)54-45-25-21-41(22-26-45)50(39-11-7-4-8-12-39)43-18-16-36-33-42(17-15-37(36)34-43)49(38-9-5-3-6-10-38)40-19-23-44(53-2)24-20-40/h3-34H,1-2H3. The molecule has 0 atom stereocenters. The molecule has 0 N–H and O–H groups in total. The average molecular weight is 739 g/mol. The quantitative estimate of drug-likeness (QED) is 0.132. The van der Waals surface area contributed by atoms with Crippen LogP contribution in [-0.4, -0.2) is 15.5 Å². The number of para-hydroxylation sites is 2. The number of sulfone groups is 1. The molecule has 8 rings (SSSR count). The summed E-state index contributed by atoms with van der Waals surface area (Å²) in [6, 6.07) is 63.1. The Morgan fingerprint density at radius 2 is 0.764 bits per heavy atom. The molecule has 7 heteroatoms. The zero-order valence-corrected chi connectivity index (χ0v) is 31.2. The summed E-state index contributed by atoms with van der Waals surface area (Å²) in [5.74, 6) is 1.99. The maximum Gasteiger partial charge on any atom is 0.206 e. The van der Waals surface area contributed by atoms with Crippen molar-refractivity contribution >= 4 is 54.7 Å². The number of hydrogen-bond acceptors (Lipinski definition) is 6. The Balaban J connectivity index is 1.07. The summed E-state index contributed by atoms with van der Waals surface area (Å²) in [5.41, 5.74) is 7.15. The van der Waals surface area contributed by atoms with E-state index in [-0.39, 0.29) is 9.79 Å². The van der Waals surface area contributed by atoms with Crippen LogP contribution in [0, 0.1) is 6.92 Å². The van der Waals surface area contributed by atoms with Gasteiger partial charge in [-0.1, -0.05) is 66.2 Å². The van der Waals surface area contributed by atoms with Crippen LogP contribution in [0.15, 0.2) is 204 Å². The average Bonchev–Trinajstić information content (AvgIpc) is 3.23. The van der Waals surface area contributed by atoms with Crippen LogP contribution in [0.3, 0.4) is 0 Å². The minimum absolute atomic E-state index is 0.218. The normalized spacial score (nSPS) is 11.2. The number of nitrogens with zero attached hydrogens (tertiary/aromatic N) is 2. The zero-order valence-electron chi connectivity index (χ0n) is 30.4. The Morgan fingerprint density at radius 3 is 1.20 bits per heavy atom. The Bertz CT molecular complexity index is 2650. The third kappa shape index (κ3) is 7.51. The van der Waals surface area contributed by atoms with Crippen LogP contribution in [0.5, 0.6) is 17.2 Å². The molecule has 0 aliphatic rings. The Morgan fingerprint density at radius 1 is 0.400 bits per heavy atom. The monoisotopic (exact) mass is 738 g/mol. The fourth-order valence-electron chi connectivity index (χ4n) is 6.62. The first-order valence-corrected chi connectivity index (χ1v) is 19.4. The molecule has 0 aliphatic heterocycles. The van der Waals surface area contributed by atoms with Gasteiger partial charge >= 0.3 is 0 Å². The number of benzene rings is 8. The number of ether oxygens (including phenoxy) is 2. The molecule has 0 aliphatic carbocycles. The molecule has 0 heterocycles. The van der Waals surface area contributed by atoms with E-state index in [1.165, 1.54) is 0 Å². The van der Waals surface area contributed by atoms with Gasteiger partial charge in [0.1, 0.15) is 17.2 Å². The number of aryl methyl sites for hydroxylation is 1. The van der Waals surface area contributed by atoms with Gasteiger partial charge in [-0.05, 0) is 151 Å². The second-order valence-corrected chi connectivity index (χ2v) is 15.1. The van der Waals surface area contributed by atoms with Crippen molar-refractivity contribution in [1.29, 1.82) is 0 Å². The van der Waals surface area contributed by atoms with E-state index in [2.05, 4.69) is 94.7 Å². The van der Waals surface area contributed by atoms with Gasteiger partial charge in [0, 0.05) is 34.1 Å². The van der Waals surface area contributed by atoms with Gasteiger partial charge < -0.3 is 19.3 Å². The van der Waals surface area contributed by atoms with Crippen LogP contribution < -0.4 is 19.3 Å². The number of anilines is 6. The molecule has 270 valence electrons. The summed E-state index contributed by atoms with van der Waals surface area (Å²) in [4.78, 5) is 4.94. The van der Waals surface area contributed by atoms with Crippen molar-refractivity contribution in [2.45, 2.75) is 16.7 Å². The first-order valence-electron chi connectivity index (χ1n) is 17.9. The van der Waals surface area contributed by atoms with Crippen LogP contribution in [0.1, 0.15) is 5.56 Å². The molecular formula is C48H38N2O4S. The highest BCUT2D eigenvalue weighted by molar-refractivity contribution is 7.91. The predicted molar refractivity (Wildman–Crippen MR) is 223 cm³/mol. The van der Waals surface area contributed by atoms with E-state index in [9.17, 15) is 8.42 Å². The van der Waals surface area contributed by atoms with Crippen LogP contribution in [0.25, 0.3) is 10.8 Å². The van der Waals surface area contributed by atoms with Crippen molar-refractivity contribution < 1.29 is 17.9 Å². The molecule has 0 saturated heterocycles. The maximum atomic E-state index is 13.1. The molecule has 0 fully saturated rings. The number of methoxy groups -OCH3 is 1. The molecule has 0 saturated carbocycles. The lowest BCUT2D eigenvalue weighted by Gasteiger charge is -2.27. The fourth-order valence-corrected chi connectivity index (χ4v) is 7.88. The summed E-state index contributed by atoms with van der Waals surface area (Å²) in [6.45, 7) is 1.93. The van der Waals surface area contributed by atoms with Crippen LogP contribution in [0.4, 0.5) is 34.1 Å². The lowest BCUT2D eigenvalue weighted by molar-refractivity contribution is 0.415. The third-order valence-electron chi connectivity index (χ3n) is 9.48. The summed E-state index contributed by atoms with van der Waals surface area (Å²) >= 11 is 0. The van der Waals surface area contributed by atoms with Crippen molar-refractivity contribution in [2.75, 3.05) is 16.9 Å². The SMILES string of the molecule is COc1ccc(N(c2ccccc2)c2ccc3cc(N(c4ccccc4)c4ccc(Oc5ccc(S(=O)(=O)c6ccc(C)cc6)cc5)cc4)ccc3c2)cc1. The predicted octanol–water partition coefficient (Wildman–Crippen LogP) is 12.7. The number of hydrogen-bond donors (Lipinski definition) is 0. The lowest BCUT2D eigenvalue weighted by Crippen LogP contribution is -2.10. The van der Waals surface area contributed by atoms with Crippen LogP contribution >= 0.6 is 0 Å². The van der Waals surface area contributed by atoms with Gasteiger partial charge in [0.2, 0.25) is 9.84 Å². The molecule has 0 aromatic heterocycles. The van der Waals surface area contributed by atoms with Crippen molar-refractivity contribution in [1.82, 2.24) is 0 Å². The minimum atomic E-state index is -3.63. The summed E-state index contributed by atoms with van der Waals surface area (Å²) < 4.78 is 37.9. The van der Waals surface area contributed by atoms with E-state index in [0.29, 0.717) is 11.5 Å². The maximum absolute atomic E-state index is 13.1. The van der Waals surface area contributed by atoms with E-state index in [1.54, 1.807) is 55.6 Å². The largest absolute Gasteiger partial charge is 0.497 e. The Kier molecular flexibility index (Phi) is 9.77. The minimum Gasteiger partial charge on any atom is -0.497 e. The van der Waals surface area contributed by atoms with Gasteiger partial charge in [0.25, 0.3) is 0 Å². The highest BCUT2D eigenvalue weighted by atomic mass is 32.2. The van der Waals surface area contributed by atoms with Gasteiger partial charge in [0.15, 0.2) is 0 Å². The highest BCUT2D eigenvalue weighted by Crippen LogP contribution is 2.40. The summed E-state index contributed by atoms with van der Waals surface area (Å²) in [5, 5.41) is 2.22. The van der Waals surface area contributed by atoms with Gasteiger partial charge in [-0.25, -0.2) is 8.42 Å². The molecule has 8 aromatic rings. The summed E-state index contributed by atoms with van der Waals surface area (Å²) in [7, 11) is -1.95. The zero-order chi connectivity index (χ0) is 37.8. The molecule has 0 amide bonds. The second-order valence-electron chi connectivity index (χ2n) is 13.1. The molecule has 0 bridgehead atoms. The second kappa shape index (κ2) is 15.3. The first kappa shape index (κ1) is 35.2. The van der Waals surface area contributed by atoms with Gasteiger partial charge in [0.05, 0.1) is 16.9 Å². The van der Waals surface area contributed by atoms with E-state index < -0.39 is 9.84 Å². The molecule has 8 aromatic carbocycles. The van der Waals surface area contributed by atoms with Gasteiger partial charge in [-0.2, -0.15) is 0 Å². The third-order valence-corrected chi connectivity index (χ3v) is 11.3. The topological polar surface area (TPSA) is 59.1 Å². The molecule has 6 nitrogen and oxygen atoms in total. The first-order chi connectivity index (χ1) is 26.9. The summed E-state index contributed by atoms with van der Waals surface area (Å²) in [6.07, 6.45) is 0. The highest BCUT2D eigenvalue weighted by Gasteiger charge is 2.19. The van der Waals surface area contributed by atoms with Crippen molar-refractivity contribution in [3.63, 3.8) is 0 Å². The van der Waals surface area contributed by atoms with Crippen LogP contribution in [-0.2, 0) is 9.84 Å². The van der Waals surface area contributed by atoms with Crippen LogP contribution in [0.2, 0.25) is 0 Å². The number of rotatable bonds is 11. The van der Waals surface area contributed by atoms with E-state index in [4.69, 9.17) is 9.47 Å². The van der Waals surface area contributed by atoms with E-state index in [0.717, 1.165) is 56.2 Å². The van der Waals surface area contributed by atoms with Crippen molar-refractivity contribution in [3.05, 3.63) is 200 Å². The molecule has 0 radical (unpaired) electrons. The molecule has 55 heavy (non-hydrogen) atoms.